The Labute approximate surface area is 108 Å². The van der Waals surface area contributed by atoms with Gasteiger partial charge in [-0.05, 0) is 64.1 Å². The molecule has 16 heavy (non-hydrogen) atoms. The van der Waals surface area contributed by atoms with Crippen molar-refractivity contribution in [3.05, 3.63) is 33.6 Å². The summed E-state index contributed by atoms with van der Waals surface area (Å²) < 4.78 is 2.59. The first-order chi connectivity index (χ1) is 7.81. The van der Waals surface area contributed by atoms with Crippen molar-refractivity contribution in [1.82, 2.24) is 5.32 Å². The Balaban J connectivity index is 2.12. The maximum atomic E-state index is 3.62. The van der Waals surface area contributed by atoms with Crippen LogP contribution < -0.4 is 5.32 Å². The molecule has 3 heteroatoms. The van der Waals surface area contributed by atoms with Gasteiger partial charge in [-0.15, -0.1) is 11.3 Å². The number of fused-ring (bicyclic) bond motifs is 1. The molecule has 2 aromatic rings. The molecule has 3 rings (SSSR count). The molecule has 1 atom stereocenters. The number of hydrogen-bond donors (Lipinski definition) is 1. The van der Waals surface area contributed by atoms with Gasteiger partial charge in [0, 0.05) is 15.2 Å². The monoisotopic (exact) mass is 295 g/mol. The van der Waals surface area contributed by atoms with E-state index in [9.17, 15) is 0 Å². The molecule has 1 unspecified atom stereocenters. The van der Waals surface area contributed by atoms with E-state index in [0.717, 1.165) is 5.92 Å². The van der Waals surface area contributed by atoms with Crippen LogP contribution in [0.2, 0.25) is 0 Å². The van der Waals surface area contributed by atoms with Crippen LogP contribution in [0.5, 0.6) is 0 Å². The number of halogens is 1. The second kappa shape index (κ2) is 4.13. The second-order valence-corrected chi connectivity index (χ2v) is 6.15. The molecule has 1 saturated carbocycles. The van der Waals surface area contributed by atoms with E-state index >= 15 is 0 Å². The highest BCUT2D eigenvalue weighted by atomic mass is 79.9. The van der Waals surface area contributed by atoms with E-state index < -0.39 is 0 Å². The summed E-state index contributed by atoms with van der Waals surface area (Å²) >= 11 is 5.47. The quantitative estimate of drug-likeness (QED) is 0.888. The zero-order valence-electron chi connectivity index (χ0n) is 9.16. The molecule has 1 aromatic heterocycles. The predicted octanol–water partition coefficient (Wildman–Crippen LogP) is 4.33. The zero-order chi connectivity index (χ0) is 11.1. The topological polar surface area (TPSA) is 12.0 Å². The molecule has 1 aliphatic rings. The lowest BCUT2D eigenvalue weighted by atomic mass is 10.0. The van der Waals surface area contributed by atoms with Crippen LogP contribution in [-0.4, -0.2) is 7.05 Å². The normalized spacial score (nSPS) is 17.9. The van der Waals surface area contributed by atoms with Crippen molar-refractivity contribution < 1.29 is 0 Å². The first-order valence-electron chi connectivity index (χ1n) is 5.64. The number of benzene rings is 1. The van der Waals surface area contributed by atoms with Crippen molar-refractivity contribution in [2.75, 3.05) is 7.05 Å². The van der Waals surface area contributed by atoms with Gasteiger partial charge in [-0.25, -0.2) is 0 Å². The van der Waals surface area contributed by atoms with Crippen LogP contribution in [0.1, 0.15) is 24.4 Å². The summed E-state index contributed by atoms with van der Waals surface area (Å²) in [6.45, 7) is 0. The molecule has 0 bridgehead atoms. The summed E-state index contributed by atoms with van der Waals surface area (Å²) in [7, 11) is 2.07. The Bertz CT molecular complexity index is 516. The molecule has 1 N–H and O–H groups in total. The van der Waals surface area contributed by atoms with E-state index in [1.807, 2.05) is 11.3 Å². The smallest absolute Gasteiger partial charge is 0.0488 e. The Morgan fingerprint density at radius 3 is 2.94 bits per heavy atom. The number of thiophene rings is 1. The van der Waals surface area contributed by atoms with Crippen LogP contribution in [0.4, 0.5) is 0 Å². The van der Waals surface area contributed by atoms with Crippen LogP contribution in [0.3, 0.4) is 0 Å². The van der Waals surface area contributed by atoms with E-state index in [-0.39, 0.29) is 0 Å². The van der Waals surface area contributed by atoms with Crippen LogP contribution in [0.15, 0.2) is 28.1 Å². The summed E-state index contributed by atoms with van der Waals surface area (Å²) in [5.74, 6) is 0.849. The SMILES string of the molecule is CNC(c1csc2c(Br)cccc12)C1CC1. The number of nitrogens with one attached hydrogen (secondary N) is 1. The van der Waals surface area contributed by atoms with Crippen molar-refractivity contribution in [2.45, 2.75) is 18.9 Å². The molecule has 1 fully saturated rings. The maximum absolute atomic E-state index is 3.62. The van der Waals surface area contributed by atoms with Crippen molar-refractivity contribution in [1.29, 1.82) is 0 Å². The molecule has 1 nitrogen and oxygen atoms in total. The van der Waals surface area contributed by atoms with E-state index in [4.69, 9.17) is 0 Å². The standard InChI is InChI=1S/C13H14BrNS/c1-15-12(8-5-6-8)10-7-16-13-9(10)3-2-4-11(13)14/h2-4,7-8,12,15H,5-6H2,1H3. The largest absolute Gasteiger partial charge is 0.313 e. The molecule has 0 amide bonds. The Hall–Kier alpha value is -0.380. The third-order valence-electron chi connectivity index (χ3n) is 3.32. The average molecular weight is 296 g/mol. The van der Waals surface area contributed by atoms with Gasteiger partial charge in [0.05, 0.1) is 0 Å². The summed E-state index contributed by atoms with van der Waals surface area (Å²) in [5, 5.41) is 7.19. The first kappa shape index (κ1) is 10.8. The molecule has 1 heterocycles. The Morgan fingerprint density at radius 2 is 2.25 bits per heavy atom. The Morgan fingerprint density at radius 1 is 1.44 bits per heavy atom. The highest BCUT2D eigenvalue weighted by Gasteiger charge is 2.32. The molecule has 0 spiro atoms. The molecule has 1 aliphatic carbocycles. The van der Waals surface area contributed by atoms with Gasteiger partial charge in [0.1, 0.15) is 0 Å². The van der Waals surface area contributed by atoms with Crippen molar-refractivity contribution >= 4 is 37.4 Å². The lowest BCUT2D eigenvalue weighted by molar-refractivity contribution is 0.533. The summed E-state index contributed by atoms with van der Waals surface area (Å²) in [5.41, 5.74) is 1.48. The highest BCUT2D eigenvalue weighted by molar-refractivity contribution is 9.10. The van der Waals surface area contributed by atoms with Gasteiger partial charge in [0.25, 0.3) is 0 Å². The third-order valence-corrected chi connectivity index (χ3v) is 5.29. The lowest BCUT2D eigenvalue weighted by Crippen LogP contribution is -2.17. The molecule has 84 valence electrons. The fraction of sp³-hybridized carbons (Fsp3) is 0.385. The van der Waals surface area contributed by atoms with Gasteiger partial charge >= 0.3 is 0 Å². The fourth-order valence-corrected chi connectivity index (χ4v) is 4.02. The van der Waals surface area contributed by atoms with E-state index in [2.05, 4.69) is 51.9 Å². The van der Waals surface area contributed by atoms with Crippen molar-refractivity contribution in [3.8, 4) is 0 Å². The predicted molar refractivity (Wildman–Crippen MR) is 74.0 cm³/mol. The molecular weight excluding hydrogens is 282 g/mol. The molecule has 0 aliphatic heterocycles. The average Bonchev–Trinajstić information content (AvgIpc) is 3.02. The van der Waals surface area contributed by atoms with Gasteiger partial charge in [-0.1, -0.05) is 12.1 Å². The third kappa shape index (κ3) is 1.71. The minimum absolute atomic E-state index is 0.544. The van der Waals surface area contributed by atoms with Crippen LogP contribution >= 0.6 is 27.3 Å². The van der Waals surface area contributed by atoms with Crippen LogP contribution in [-0.2, 0) is 0 Å². The van der Waals surface area contributed by atoms with Crippen LogP contribution in [0.25, 0.3) is 10.1 Å². The van der Waals surface area contributed by atoms with E-state index in [1.165, 1.54) is 33.0 Å². The van der Waals surface area contributed by atoms with Crippen LogP contribution in [0, 0.1) is 5.92 Å². The van der Waals surface area contributed by atoms with Crippen molar-refractivity contribution in [3.63, 3.8) is 0 Å². The zero-order valence-corrected chi connectivity index (χ0v) is 11.6. The summed E-state index contributed by atoms with van der Waals surface area (Å²) in [4.78, 5) is 0. The van der Waals surface area contributed by atoms with Gasteiger partial charge in [0.15, 0.2) is 0 Å². The summed E-state index contributed by atoms with van der Waals surface area (Å²) in [6, 6.07) is 7.03. The maximum Gasteiger partial charge on any atom is 0.0488 e. The van der Waals surface area contributed by atoms with Crippen molar-refractivity contribution in [2.24, 2.45) is 5.92 Å². The molecule has 1 aromatic carbocycles. The Kier molecular flexibility index (Phi) is 2.78. The molecule has 0 radical (unpaired) electrons. The molecule has 0 saturated heterocycles. The highest BCUT2D eigenvalue weighted by Crippen LogP contribution is 2.45. The second-order valence-electron chi connectivity index (χ2n) is 4.41. The minimum Gasteiger partial charge on any atom is -0.313 e. The van der Waals surface area contributed by atoms with Gasteiger partial charge in [-0.3, -0.25) is 0 Å². The van der Waals surface area contributed by atoms with Gasteiger partial charge in [-0.2, -0.15) is 0 Å². The van der Waals surface area contributed by atoms with E-state index in [1.54, 1.807) is 0 Å². The molecular formula is C13H14BrNS. The summed E-state index contributed by atoms with van der Waals surface area (Å²) in [6.07, 6.45) is 2.74. The minimum atomic E-state index is 0.544. The van der Waals surface area contributed by atoms with Gasteiger partial charge in [0.2, 0.25) is 0 Å². The van der Waals surface area contributed by atoms with Gasteiger partial charge < -0.3 is 5.32 Å². The lowest BCUT2D eigenvalue weighted by Gasteiger charge is -2.14. The number of rotatable bonds is 3. The number of hydrogen-bond acceptors (Lipinski definition) is 2. The fourth-order valence-electron chi connectivity index (χ4n) is 2.36. The first-order valence-corrected chi connectivity index (χ1v) is 7.31. The van der Waals surface area contributed by atoms with E-state index in [0.29, 0.717) is 6.04 Å².